The third-order valence-corrected chi connectivity index (χ3v) is 3.84. The van der Waals surface area contributed by atoms with Crippen LogP contribution in [-0.4, -0.2) is 35.8 Å². The Morgan fingerprint density at radius 3 is 2.50 bits per heavy atom. The van der Waals surface area contributed by atoms with Crippen LogP contribution in [0, 0.1) is 11.3 Å². The van der Waals surface area contributed by atoms with E-state index >= 15 is 0 Å². The predicted octanol–water partition coefficient (Wildman–Crippen LogP) is 1.55. The lowest BCUT2D eigenvalue weighted by Crippen LogP contribution is -2.52. The minimum Gasteiger partial charge on any atom is -0.344 e. The lowest BCUT2D eigenvalue weighted by Gasteiger charge is -2.32. The largest absolute Gasteiger partial charge is 0.344 e. The Morgan fingerprint density at radius 1 is 1.28 bits per heavy atom. The molecule has 0 aromatic rings. The first-order valence-electron chi connectivity index (χ1n) is 6.96. The summed E-state index contributed by atoms with van der Waals surface area (Å²) in [7, 11) is 0. The van der Waals surface area contributed by atoms with Gasteiger partial charge >= 0.3 is 0 Å². The van der Waals surface area contributed by atoms with Crippen molar-refractivity contribution < 1.29 is 9.59 Å². The smallest absolute Gasteiger partial charge is 0.245 e. The molecule has 1 atom stereocenters. The van der Waals surface area contributed by atoms with Gasteiger partial charge in [0.05, 0.1) is 0 Å². The van der Waals surface area contributed by atoms with Crippen molar-refractivity contribution in [2.45, 2.75) is 52.5 Å². The molecular weight excluding hydrogens is 228 g/mol. The molecule has 0 bridgehead atoms. The molecule has 4 heteroatoms. The van der Waals surface area contributed by atoms with E-state index < -0.39 is 0 Å². The summed E-state index contributed by atoms with van der Waals surface area (Å²) in [6.07, 6.45) is 4.14. The van der Waals surface area contributed by atoms with Crippen molar-refractivity contribution in [3.05, 3.63) is 0 Å². The van der Waals surface area contributed by atoms with E-state index in [9.17, 15) is 9.59 Å². The first kappa shape index (κ1) is 13.4. The van der Waals surface area contributed by atoms with Crippen molar-refractivity contribution in [2.75, 3.05) is 13.1 Å². The number of nitrogens with zero attached hydrogens (tertiary/aromatic N) is 1. The van der Waals surface area contributed by atoms with Crippen LogP contribution in [0.4, 0.5) is 0 Å². The molecule has 0 aromatic heterocycles. The molecule has 2 aliphatic rings. The molecule has 1 saturated heterocycles. The van der Waals surface area contributed by atoms with Crippen molar-refractivity contribution in [3.63, 3.8) is 0 Å². The molecule has 2 rings (SSSR count). The second-order valence-corrected chi connectivity index (χ2v) is 6.67. The normalized spacial score (nSPS) is 25.9. The van der Waals surface area contributed by atoms with Gasteiger partial charge in [0, 0.05) is 19.5 Å². The van der Waals surface area contributed by atoms with Gasteiger partial charge in [-0.3, -0.25) is 9.59 Å². The summed E-state index contributed by atoms with van der Waals surface area (Å²) in [4.78, 5) is 26.1. The summed E-state index contributed by atoms with van der Waals surface area (Å²) >= 11 is 0. The molecule has 1 N–H and O–H groups in total. The summed E-state index contributed by atoms with van der Waals surface area (Å²) in [6.45, 7) is 7.38. The number of carbonyl (C=O) groups is 2. The number of rotatable bonds is 3. The first-order chi connectivity index (χ1) is 8.38. The van der Waals surface area contributed by atoms with Gasteiger partial charge in [-0.15, -0.1) is 0 Å². The number of hydrogen-bond acceptors (Lipinski definition) is 2. The van der Waals surface area contributed by atoms with Gasteiger partial charge in [0.15, 0.2) is 0 Å². The topological polar surface area (TPSA) is 49.4 Å². The monoisotopic (exact) mass is 252 g/mol. The Balaban J connectivity index is 2.04. The van der Waals surface area contributed by atoms with E-state index in [0.29, 0.717) is 13.0 Å². The molecule has 2 fully saturated rings. The maximum absolute atomic E-state index is 12.5. The summed E-state index contributed by atoms with van der Waals surface area (Å²) in [6, 6.07) is -0.383. The van der Waals surface area contributed by atoms with Crippen LogP contribution in [0.3, 0.4) is 0 Å². The predicted molar refractivity (Wildman–Crippen MR) is 69.9 cm³/mol. The van der Waals surface area contributed by atoms with E-state index in [4.69, 9.17) is 0 Å². The Morgan fingerprint density at radius 2 is 1.94 bits per heavy atom. The third-order valence-electron chi connectivity index (χ3n) is 3.84. The van der Waals surface area contributed by atoms with Crippen molar-refractivity contribution >= 4 is 11.8 Å². The second kappa shape index (κ2) is 4.90. The van der Waals surface area contributed by atoms with Gasteiger partial charge in [-0.1, -0.05) is 33.6 Å². The highest BCUT2D eigenvalue weighted by Crippen LogP contribution is 2.33. The van der Waals surface area contributed by atoms with Crippen LogP contribution in [0.5, 0.6) is 0 Å². The summed E-state index contributed by atoms with van der Waals surface area (Å²) in [5.41, 5.74) is -0.227. The van der Waals surface area contributed by atoms with E-state index in [-0.39, 0.29) is 23.3 Å². The zero-order valence-electron chi connectivity index (χ0n) is 11.7. The minimum atomic E-state index is -0.383. The van der Waals surface area contributed by atoms with Gasteiger partial charge in [0.2, 0.25) is 11.8 Å². The molecular formula is C14H24N2O2. The summed E-state index contributed by atoms with van der Waals surface area (Å²) in [5.74, 6) is 0.906. The van der Waals surface area contributed by atoms with Crippen molar-refractivity contribution in [2.24, 2.45) is 11.3 Å². The first-order valence-corrected chi connectivity index (χ1v) is 6.96. The molecule has 1 aliphatic carbocycles. The van der Waals surface area contributed by atoms with Crippen LogP contribution in [0.1, 0.15) is 46.5 Å². The van der Waals surface area contributed by atoms with Gasteiger partial charge in [0.25, 0.3) is 0 Å². The summed E-state index contributed by atoms with van der Waals surface area (Å²) < 4.78 is 0. The van der Waals surface area contributed by atoms with Crippen LogP contribution in [0.15, 0.2) is 0 Å². The average Bonchev–Trinajstić information content (AvgIpc) is 3.06. The molecule has 2 amide bonds. The fraction of sp³-hybridized carbons (Fsp3) is 0.857. The maximum Gasteiger partial charge on any atom is 0.245 e. The van der Waals surface area contributed by atoms with Crippen LogP contribution in [0.2, 0.25) is 0 Å². The average molecular weight is 252 g/mol. The van der Waals surface area contributed by atoms with E-state index in [1.807, 2.05) is 25.7 Å². The minimum absolute atomic E-state index is 0.00260. The van der Waals surface area contributed by atoms with Gasteiger partial charge in [0.1, 0.15) is 6.04 Å². The van der Waals surface area contributed by atoms with Crippen LogP contribution in [0.25, 0.3) is 0 Å². The highest BCUT2D eigenvalue weighted by Gasteiger charge is 2.38. The zero-order valence-corrected chi connectivity index (χ0v) is 11.7. The molecule has 0 aromatic carbocycles. The van der Waals surface area contributed by atoms with Crippen LogP contribution >= 0.6 is 0 Å². The highest BCUT2D eigenvalue weighted by molar-refractivity contribution is 5.90. The quantitative estimate of drug-likeness (QED) is 0.828. The lowest BCUT2D eigenvalue weighted by molar-refractivity contribution is -0.136. The summed E-state index contributed by atoms with van der Waals surface area (Å²) in [5, 5.41) is 2.87. The van der Waals surface area contributed by atoms with E-state index in [1.54, 1.807) is 0 Å². The number of nitrogens with one attached hydrogen (secondary N) is 1. The Kier molecular flexibility index (Phi) is 3.64. The van der Waals surface area contributed by atoms with Gasteiger partial charge in [-0.25, -0.2) is 0 Å². The molecule has 1 saturated carbocycles. The van der Waals surface area contributed by atoms with Crippen molar-refractivity contribution in [3.8, 4) is 0 Å². The number of carbonyl (C=O) groups excluding carboxylic acids is 2. The molecule has 18 heavy (non-hydrogen) atoms. The van der Waals surface area contributed by atoms with Gasteiger partial charge < -0.3 is 10.2 Å². The van der Waals surface area contributed by atoms with Crippen LogP contribution < -0.4 is 5.32 Å². The lowest BCUT2D eigenvalue weighted by atomic mass is 9.86. The van der Waals surface area contributed by atoms with E-state index in [2.05, 4.69) is 5.32 Å². The Labute approximate surface area is 109 Å². The van der Waals surface area contributed by atoms with Gasteiger partial charge in [-0.05, 0) is 17.8 Å². The Hall–Kier alpha value is -1.06. The SMILES string of the molecule is CC(C)(C)C1NC(=O)CCN(CCC2CC2)C1=O. The highest BCUT2D eigenvalue weighted by atomic mass is 16.2. The van der Waals surface area contributed by atoms with Crippen LogP contribution in [-0.2, 0) is 9.59 Å². The number of amides is 2. The molecule has 102 valence electrons. The molecule has 0 radical (unpaired) electrons. The Bertz CT molecular complexity index is 342. The van der Waals surface area contributed by atoms with E-state index in [1.165, 1.54) is 12.8 Å². The second-order valence-electron chi connectivity index (χ2n) is 6.67. The fourth-order valence-electron chi connectivity index (χ4n) is 2.38. The molecule has 1 unspecified atom stereocenters. The maximum atomic E-state index is 12.5. The van der Waals surface area contributed by atoms with Crippen molar-refractivity contribution in [1.82, 2.24) is 10.2 Å². The molecule has 1 aliphatic heterocycles. The van der Waals surface area contributed by atoms with E-state index in [0.717, 1.165) is 18.9 Å². The fourth-order valence-corrected chi connectivity index (χ4v) is 2.38. The number of hydrogen-bond donors (Lipinski definition) is 1. The van der Waals surface area contributed by atoms with Gasteiger partial charge in [-0.2, -0.15) is 0 Å². The molecule has 1 heterocycles. The standard InChI is InChI=1S/C14H24N2O2/c1-14(2,3)12-13(18)16(8-6-10-4-5-10)9-7-11(17)15-12/h10,12H,4-9H2,1-3H3,(H,15,17). The zero-order chi connectivity index (χ0) is 13.3. The molecule has 4 nitrogen and oxygen atoms in total. The van der Waals surface area contributed by atoms with Crippen molar-refractivity contribution in [1.29, 1.82) is 0 Å². The third kappa shape index (κ3) is 3.24. The molecule has 0 spiro atoms.